The molecule has 4 aromatic rings. The van der Waals surface area contributed by atoms with Crippen LogP contribution in [-0.4, -0.2) is 50.9 Å². The van der Waals surface area contributed by atoms with Crippen LogP contribution in [0.4, 0.5) is 0 Å². The summed E-state index contributed by atoms with van der Waals surface area (Å²) in [5, 5.41) is 1.24. The SMILES string of the molecule is CC(c1nc2ccccc2c(=O)n1Cc1ccccc1)N1CCN(C(=O)c2ccc(Cl)cc2)C(C)C1. The molecule has 6 nitrogen and oxygen atoms in total. The van der Waals surface area contributed by atoms with Crippen LogP contribution in [0.15, 0.2) is 83.7 Å². The van der Waals surface area contributed by atoms with Crippen molar-refractivity contribution in [2.75, 3.05) is 19.6 Å². The van der Waals surface area contributed by atoms with E-state index in [9.17, 15) is 9.59 Å². The molecule has 1 amide bonds. The van der Waals surface area contributed by atoms with Crippen LogP contribution in [0.3, 0.4) is 0 Å². The molecule has 1 fully saturated rings. The summed E-state index contributed by atoms with van der Waals surface area (Å²) in [6.07, 6.45) is 0. The highest BCUT2D eigenvalue weighted by Gasteiger charge is 2.32. The second-order valence-corrected chi connectivity index (χ2v) is 9.83. The van der Waals surface area contributed by atoms with Gasteiger partial charge in [-0.15, -0.1) is 0 Å². The van der Waals surface area contributed by atoms with E-state index in [1.54, 1.807) is 28.8 Å². The average Bonchev–Trinajstić information content (AvgIpc) is 2.90. The standard InChI is InChI=1S/C29H29ClN4O2/c1-20-18-32(16-17-33(20)28(35)23-12-14-24(30)15-13-23)21(2)27-31-26-11-7-6-10-25(26)29(36)34(27)19-22-8-4-3-5-9-22/h3-15,20-21H,16-19H2,1-2H3. The van der Waals surface area contributed by atoms with Crippen LogP contribution in [0.1, 0.15) is 41.6 Å². The van der Waals surface area contributed by atoms with Crippen molar-refractivity contribution in [2.24, 2.45) is 0 Å². The third-order valence-electron chi connectivity index (χ3n) is 7.01. The van der Waals surface area contributed by atoms with Crippen molar-refractivity contribution in [1.82, 2.24) is 19.4 Å². The molecule has 1 aliphatic heterocycles. The number of para-hydroxylation sites is 1. The summed E-state index contributed by atoms with van der Waals surface area (Å²) in [5.41, 5.74) is 2.37. The minimum absolute atomic E-state index is 0.0104. The topological polar surface area (TPSA) is 58.4 Å². The van der Waals surface area contributed by atoms with E-state index in [2.05, 4.69) is 18.7 Å². The van der Waals surface area contributed by atoms with Crippen LogP contribution in [0.25, 0.3) is 10.9 Å². The molecule has 184 valence electrons. The number of hydrogen-bond acceptors (Lipinski definition) is 4. The van der Waals surface area contributed by atoms with E-state index in [0.717, 1.165) is 11.4 Å². The van der Waals surface area contributed by atoms with Crippen LogP contribution in [0.2, 0.25) is 5.02 Å². The van der Waals surface area contributed by atoms with Gasteiger partial charge < -0.3 is 4.90 Å². The minimum atomic E-state index is -0.0961. The van der Waals surface area contributed by atoms with Crippen LogP contribution in [0.5, 0.6) is 0 Å². The van der Waals surface area contributed by atoms with E-state index in [1.165, 1.54) is 0 Å². The molecule has 2 heterocycles. The molecule has 1 saturated heterocycles. The van der Waals surface area contributed by atoms with E-state index >= 15 is 0 Å². The van der Waals surface area contributed by atoms with Crippen LogP contribution in [0, 0.1) is 0 Å². The summed E-state index contributed by atoms with van der Waals surface area (Å²) in [4.78, 5) is 35.9. The van der Waals surface area contributed by atoms with Crippen LogP contribution < -0.4 is 5.56 Å². The van der Waals surface area contributed by atoms with Gasteiger partial charge in [-0.1, -0.05) is 54.1 Å². The first-order chi connectivity index (χ1) is 17.4. The summed E-state index contributed by atoms with van der Waals surface area (Å²) in [5.74, 6) is 0.753. The third kappa shape index (κ3) is 4.79. The van der Waals surface area contributed by atoms with E-state index in [0.29, 0.717) is 47.7 Å². The Morgan fingerprint density at radius 1 is 1.00 bits per heavy atom. The lowest BCUT2D eigenvalue weighted by atomic mass is 10.1. The molecule has 2 atom stereocenters. The number of carbonyl (C=O) groups is 1. The smallest absolute Gasteiger partial charge is 0.261 e. The minimum Gasteiger partial charge on any atom is -0.333 e. The number of fused-ring (bicyclic) bond motifs is 1. The fourth-order valence-corrected chi connectivity index (χ4v) is 5.11. The fourth-order valence-electron chi connectivity index (χ4n) is 4.98. The molecule has 0 N–H and O–H groups in total. The Kier molecular flexibility index (Phi) is 6.90. The zero-order valence-electron chi connectivity index (χ0n) is 20.5. The van der Waals surface area contributed by atoms with Gasteiger partial charge in [0.25, 0.3) is 11.5 Å². The van der Waals surface area contributed by atoms with Crippen molar-refractivity contribution in [3.8, 4) is 0 Å². The molecule has 3 aromatic carbocycles. The van der Waals surface area contributed by atoms with Gasteiger partial charge in [0.1, 0.15) is 5.82 Å². The first-order valence-corrected chi connectivity index (χ1v) is 12.6. The van der Waals surface area contributed by atoms with Gasteiger partial charge in [0, 0.05) is 36.3 Å². The number of amides is 1. The average molecular weight is 501 g/mol. The number of aromatic nitrogens is 2. The second-order valence-electron chi connectivity index (χ2n) is 9.39. The van der Waals surface area contributed by atoms with Gasteiger partial charge in [-0.05, 0) is 55.8 Å². The van der Waals surface area contributed by atoms with Crippen molar-refractivity contribution >= 4 is 28.4 Å². The van der Waals surface area contributed by atoms with Crippen LogP contribution in [-0.2, 0) is 6.54 Å². The number of piperazine rings is 1. The molecule has 7 heteroatoms. The number of halogens is 1. The lowest BCUT2D eigenvalue weighted by molar-refractivity contribution is 0.0391. The lowest BCUT2D eigenvalue weighted by Crippen LogP contribution is -2.54. The van der Waals surface area contributed by atoms with Crippen molar-refractivity contribution in [2.45, 2.75) is 32.5 Å². The number of benzene rings is 3. The van der Waals surface area contributed by atoms with E-state index < -0.39 is 0 Å². The molecule has 0 spiro atoms. The highest BCUT2D eigenvalue weighted by Crippen LogP contribution is 2.25. The maximum absolute atomic E-state index is 13.6. The Hall–Kier alpha value is -3.48. The maximum Gasteiger partial charge on any atom is 0.261 e. The predicted molar refractivity (Wildman–Crippen MR) is 143 cm³/mol. The molecular weight excluding hydrogens is 472 g/mol. The van der Waals surface area contributed by atoms with Gasteiger partial charge in [0.05, 0.1) is 23.5 Å². The Bertz CT molecular complexity index is 1440. The van der Waals surface area contributed by atoms with Gasteiger partial charge in [-0.25, -0.2) is 4.98 Å². The van der Waals surface area contributed by atoms with E-state index in [4.69, 9.17) is 16.6 Å². The Balaban J connectivity index is 1.43. The predicted octanol–water partition coefficient (Wildman–Crippen LogP) is 5.01. The van der Waals surface area contributed by atoms with Gasteiger partial charge in [0.2, 0.25) is 0 Å². The molecule has 0 radical (unpaired) electrons. The summed E-state index contributed by atoms with van der Waals surface area (Å²) in [6.45, 7) is 6.61. The first-order valence-electron chi connectivity index (χ1n) is 12.3. The molecule has 0 bridgehead atoms. The van der Waals surface area contributed by atoms with Gasteiger partial charge in [-0.2, -0.15) is 0 Å². The van der Waals surface area contributed by atoms with Gasteiger partial charge in [0.15, 0.2) is 0 Å². The molecule has 36 heavy (non-hydrogen) atoms. The summed E-state index contributed by atoms with van der Waals surface area (Å²) in [6, 6.07) is 24.5. The number of nitrogens with zero attached hydrogens (tertiary/aromatic N) is 4. The third-order valence-corrected chi connectivity index (χ3v) is 7.26. The van der Waals surface area contributed by atoms with Crippen LogP contribution >= 0.6 is 11.6 Å². The largest absolute Gasteiger partial charge is 0.333 e. The molecular formula is C29H29ClN4O2. The zero-order valence-corrected chi connectivity index (χ0v) is 21.2. The number of rotatable bonds is 5. The van der Waals surface area contributed by atoms with Gasteiger partial charge in [-0.3, -0.25) is 19.1 Å². The van der Waals surface area contributed by atoms with E-state index in [1.807, 2.05) is 59.5 Å². The summed E-state index contributed by atoms with van der Waals surface area (Å²) in [7, 11) is 0. The highest BCUT2D eigenvalue weighted by molar-refractivity contribution is 6.30. The number of carbonyl (C=O) groups excluding carboxylic acids is 1. The van der Waals surface area contributed by atoms with E-state index in [-0.39, 0.29) is 23.6 Å². The second kappa shape index (κ2) is 10.2. The normalized spacial score (nSPS) is 17.3. The lowest BCUT2D eigenvalue weighted by Gasteiger charge is -2.42. The van der Waals surface area contributed by atoms with Crippen molar-refractivity contribution in [3.63, 3.8) is 0 Å². The van der Waals surface area contributed by atoms with Gasteiger partial charge >= 0.3 is 0 Å². The highest BCUT2D eigenvalue weighted by atomic mass is 35.5. The molecule has 1 aliphatic rings. The van der Waals surface area contributed by atoms with Crippen molar-refractivity contribution in [3.05, 3.63) is 111 Å². The summed E-state index contributed by atoms with van der Waals surface area (Å²) < 4.78 is 1.80. The first kappa shape index (κ1) is 24.2. The van der Waals surface area contributed by atoms with Crippen molar-refractivity contribution in [1.29, 1.82) is 0 Å². The van der Waals surface area contributed by atoms with Crippen molar-refractivity contribution < 1.29 is 4.79 Å². The molecule has 0 saturated carbocycles. The number of hydrogen-bond donors (Lipinski definition) is 0. The Morgan fingerprint density at radius 3 is 2.42 bits per heavy atom. The molecule has 1 aromatic heterocycles. The zero-order chi connectivity index (χ0) is 25.2. The maximum atomic E-state index is 13.6. The fraction of sp³-hybridized carbons (Fsp3) is 0.276. The summed E-state index contributed by atoms with van der Waals surface area (Å²) >= 11 is 5.99. The molecule has 5 rings (SSSR count). The molecule has 2 unspecified atom stereocenters. The Morgan fingerprint density at radius 2 is 1.69 bits per heavy atom. The Labute approximate surface area is 215 Å². The molecule has 0 aliphatic carbocycles. The quantitative estimate of drug-likeness (QED) is 0.386. The monoisotopic (exact) mass is 500 g/mol.